The monoisotopic (exact) mass is 300 g/mol. The summed E-state index contributed by atoms with van der Waals surface area (Å²) in [6.45, 7) is 0. The van der Waals surface area contributed by atoms with E-state index in [1.54, 1.807) is 0 Å². The van der Waals surface area contributed by atoms with Gasteiger partial charge in [0.1, 0.15) is 0 Å². The van der Waals surface area contributed by atoms with Gasteiger partial charge in [0, 0.05) is 51.2 Å². The van der Waals surface area contributed by atoms with Gasteiger partial charge in [-0.3, -0.25) is 0 Å². The molecule has 0 radical (unpaired) electrons. The first kappa shape index (κ1) is 91.3. The number of hydrogen-bond acceptors (Lipinski definition) is 4. The van der Waals surface area contributed by atoms with Crippen LogP contribution in [0.1, 0.15) is 0 Å². The molecule has 0 aromatic heterocycles. The second kappa shape index (κ2) is 64.8. The second-order valence-electron chi connectivity index (χ2n) is 0. The van der Waals surface area contributed by atoms with Crippen LogP contribution in [0.2, 0.25) is 0 Å². The summed E-state index contributed by atoms with van der Waals surface area (Å²) in [6, 6.07) is 0. The molecule has 0 saturated carbocycles. The number of rotatable bonds is 0. The van der Waals surface area contributed by atoms with Crippen LogP contribution in [0, 0.1) is 0 Å². The van der Waals surface area contributed by atoms with E-state index in [-0.39, 0.29) is 105 Å². The predicted octanol–water partition coefficient (Wildman–Crippen LogP) is -1.09. The van der Waals surface area contributed by atoms with E-state index in [0.29, 0.717) is 0 Å². The first-order chi connectivity index (χ1) is 0. The number of hydrogen-bond donors (Lipinski definition) is 0. The molecule has 0 saturated heterocycles. The fraction of sp³-hybridized carbons (Fsp3) is 0. The van der Waals surface area contributed by atoms with Gasteiger partial charge >= 0.3 is 0 Å². The maximum Gasteiger partial charge on any atom is 0 e. The molecule has 0 heterocycles. The summed E-state index contributed by atoms with van der Waals surface area (Å²) in [5.74, 6) is 0. The zero-order chi connectivity index (χ0) is 0. The standard InChI is InChI=1S/3Fe.4H2S/h;;;4*1H2/p-4. The molecule has 7 heteroatoms. The van der Waals surface area contributed by atoms with Gasteiger partial charge in [-0.2, -0.15) is 0 Å². The van der Waals surface area contributed by atoms with Crippen molar-refractivity contribution < 1.29 is 51.2 Å². The van der Waals surface area contributed by atoms with Gasteiger partial charge < -0.3 is 54.0 Å². The Bertz CT molecular complexity index is 6.90. The summed E-state index contributed by atoms with van der Waals surface area (Å²) in [7, 11) is 0. The molecule has 0 aromatic carbocycles. The summed E-state index contributed by atoms with van der Waals surface area (Å²) in [6.07, 6.45) is 0. The molecule has 7 heavy (non-hydrogen) atoms. The maximum atomic E-state index is 0. The van der Waals surface area contributed by atoms with Crippen LogP contribution in [0.25, 0.3) is 0 Å². The Kier molecular flexibility index (Phi) is 846. The van der Waals surface area contributed by atoms with E-state index in [9.17, 15) is 0 Å². The van der Waals surface area contributed by atoms with E-state index in [0.717, 1.165) is 0 Å². The molecule has 0 bridgehead atoms. The van der Waals surface area contributed by atoms with Gasteiger partial charge in [-0.1, -0.05) is 0 Å². The van der Waals surface area contributed by atoms with Gasteiger partial charge in [-0.05, 0) is 0 Å². The van der Waals surface area contributed by atoms with Crippen molar-refractivity contribution in [2.75, 3.05) is 0 Å². The fourth-order valence-corrected chi connectivity index (χ4v) is 0. The molecule has 0 aliphatic carbocycles. The van der Waals surface area contributed by atoms with Gasteiger partial charge in [0.25, 0.3) is 0 Å². The quantitative estimate of drug-likeness (QED) is 0.317. The average molecular weight is 300 g/mol. The molecule has 0 unspecified atom stereocenters. The second-order valence-corrected chi connectivity index (χ2v) is 0. The van der Waals surface area contributed by atoms with Gasteiger partial charge in [0.05, 0.1) is 0 Å². The smallest absolute Gasteiger partial charge is 0 e. The minimum Gasteiger partial charge on any atom is -0.813 e. The Morgan fingerprint density at radius 3 is 0.286 bits per heavy atom. The van der Waals surface area contributed by atoms with Gasteiger partial charge in [-0.25, -0.2) is 0 Å². The van der Waals surface area contributed by atoms with Crippen molar-refractivity contribution in [3.63, 3.8) is 0 Å². The summed E-state index contributed by atoms with van der Waals surface area (Å²) in [5.41, 5.74) is 0. The summed E-state index contributed by atoms with van der Waals surface area (Å²) >= 11 is 0. The molecule has 0 aromatic rings. The van der Waals surface area contributed by atoms with E-state index in [4.69, 9.17) is 0 Å². The van der Waals surface area contributed by atoms with E-state index in [2.05, 4.69) is 0 Å². The minimum atomic E-state index is 0. The van der Waals surface area contributed by atoms with Gasteiger partial charge in [-0.15, -0.1) is 0 Å². The fourth-order valence-electron chi connectivity index (χ4n) is 0. The zero-order valence-corrected chi connectivity index (χ0v) is 9.74. The first-order valence-electron chi connectivity index (χ1n) is 0. The largest absolute Gasteiger partial charge is 0.813 e. The summed E-state index contributed by atoms with van der Waals surface area (Å²) < 4.78 is 0. The molecule has 0 N–H and O–H groups in total. The molecule has 0 nitrogen and oxygen atoms in total. The van der Waals surface area contributed by atoms with E-state index in [1.807, 2.05) is 0 Å². The Morgan fingerprint density at radius 1 is 0.286 bits per heavy atom. The van der Waals surface area contributed by atoms with Crippen LogP contribution in [-0.4, -0.2) is 0 Å². The normalized spacial score (nSPS) is 0. The summed E-state index contributed by atoms with van der Waals surface area (Å²) in [4.78, 5) is 0. The molecule has 0 fully saturated rings. The van der Waals surface area contributed by atoms with Crippen molar-refractivity contribution in [1.29, 1.82) is 0 Å². The number of thiol groups is 4. The van der Waals surface area contributed by atoms with Crippen molar-refractivity contribution in [2.24, 2.45) is 0 Å². The van der Waals surface area contributed by atoms with Crippen molar-refractivity contribution >= 4 is 54.0 Å². The molecule has 56 valence electrons. The van der Waals surface area contributed by atoms with E-state index < -0.39 is 0 Å². The van der Waals surface area contributed by atoms with Crippen LogP contribution in [0.3, 0.4) is 0 Å². The third-order valence-electron chi connectivity index (χ3n) is 0. The van der Waals surface area contributed by atoms with Crippen LogP contribution < -0.4 is 0 Å². The van der Waals surface area contributed by atoms with Crippen LogP contribution in [0.5, 0.6) is 0 Å². The molecule has 0 amide bonds. The molecular weight excluding hydrogens is 296 g/mol. The predicted molar refractivity (Wildman–Crippen MR) is 35.0 cm³/mol. The van der Waals surface area contributed by atoms with Crippen molar-refractivity contribution in [2.45, 2.75) is 0 Å². The Hall–Kier alpha value is 2.96. The van der Waals surface area contributed by atoms with Gasteiger partial charge in [0.2, 0.25) is 0 Å². The summed E-state index contributed by atoms with van der Waals surface area (Å²) in [5, 5.41) is 0. The van der Waals surface area contributed by atoms with E-state index in [1.165, 1.54) is 0 Å². The Morgan fingerprint density at radius 2 is 0.286 bits per heavy atom. The van der Waals surface area contributed by atoms with Crippen LogP contribution in [0.4, 0.5) is 0 Å². The maximum absolute atomic E-state index is 0. The average Bonchev–Trinajstić information content (AvgIpc) is 0. The van der Waals surface area contributed by atoms with E-state index >= 15 is 0 Å². The third-order valence-corrected chi connectivity index (χ3v) is 0. The van der Waals surface area contributed by atoms with Crippen LogP contribution in [-0.2, 0) is 105 Å². The molecule has 0 aliphatic heterocycles. The topological polar surface area (TPSA) is 0 Å². The SMILES string of the molecule is [Fe].[Fe].[Fe].[SH-].[SH-].[SH-].[SH-]. The Balaban J connectivity index is 0. The van der Waals surface area contributed by atoms with Crippen molar-refractivity contribution in [3.8, 4) is 0 Å². The van der Waals surface area contributed by atoms with Crippen LogP contribution in [0.15, 0.2) is 0 Å². The van der Waals surface area contributed by atoms with Crippen molar-refractivity contribution in [3.05, 3.63) is 0 Å². The van der Waals surface area contributed by atoms with Gasteiger partial charge in [0.15, 0.2) is 0 Å². The van der Waals surface area contributed by atoms with Crippen molar-refractivity contribution in [1.82, 2.24) is 0 Å². The molecule has 0 aliphatic rings. The van der Waals surface area contributed by atoms with Crippen LogP contribution >= 0.6 is 0 Å². The first-order valence-corrected chi connectivity index (χ1v) is 0. The molecule has 0 rings (SSSR count). The molecule has 0 atom stereocenters. The minimum absolute atomic E-state index is 0. The zero-order valence-electron chi connectivity index (χ0n) is 2.85. The molecule has 0 spiro atoms. The third kappa shape index (κ3) is 49.6. The molecular formula is H4Fe3S4-4. The Labute approximate surface area is 104 Å².